The van der Waals surface area contributed by atoms with Crippen molar-refractivity contribution in [2.45, 2.75) is 26.0 Å². The van der Waals surface area contributed by atoms with E-state index in [0.717, 1.165) is 6.07 Å². The van der Waals surface area contributed by atoms with Crippen LogP contribution in [-0.2, 0) is 14.3 Å². The van der Waals surface area contributed by atoms with Crippen molar-refractivity contribution in [3.63, 3.8) is 0 Å². The standard InChI is InChI=1S/C22H23FN2O5/c1-13(2)30-11-10-25-19(14-6-8-24-9-7-14)18(21(27)22(25)28)20(26)16-12-15(23)4-5-17(16)29-3/h4-9,12-13,19,26H,10-11H2,1-3H3/b20-18+. The first-order chi connectivity index (χ1) is 14.3. The number of carbonyl (C=O) groups is 2. The van der Waals surface area contributed by atoms with E-state index in [4.69, 9.17) is 9.47 Å². The number of hydrogen-bond acceptors (Lipinski definition) is 6. The van der Waals surface area contributed by atoms with Crippen molar-refractivity contribution in [2.75, 3.05) is 20.3 Å². The molecule has 1 unspecified atom stereocenters. The predicted molar refractivity (Wildman–Crippen MR) is 107 cm³/mol. The van der Waals surface area contributed by atoms with E-state index >= 15 is 0 Å². The average molecular weight is 414 g/mol. The minimum Gasteiger partial charge on any atom is -0.507 e. The Kier molecular flexibility index (Phi) is 6.47. The van der Waals surface area contributed by atoms with Gasteiger partial charge in [-0.15, -0.1) is 0 Å². The minimum atomic E-state index is -0.864. The Morgan fingerprint density at radius 1 is 1.23 bits per heavy atom. The lowest BCUT2D eigenvalue weighted by atomic mass is 9.95. The quantitative estimate of drug-likeness (QED) is 0.426. The molecule has 0 aliphatic carbocycles. The molecular formula is C22H23FN2O5. The first-order valence-electron chi connectivity index (χ1n) is 9.49. The SMILES string of the molecule is COc1ccc(F)cc1/C(O)=C1\C(=O)C(=O)N(CCOC(C)C)C1c1ccncc1. The number of rotatable bonds is 7. The second-order valence-corrected chi connectivity index (χ2v) is 7.04. The summed E-state index contributed by atoms with van der Waals surface area (Å²) in [6, 6.07) is 6.03. The minimum absolute atomic E-state index is 0.00649. The fourth-order valence-electron chi connectivity index (χ4n) is 3.40. The van der Waals surface area contributed by atoms with Gasteiger partial charge in [-0.3, -0.25) is 14.6 Å². The lowest BCUT2D eigenvalue weighted by Gasteiger charge is -2.25. The Morgan fingerprint density at radius 2 is 1.93 bits per heavy atom. The number of ether oxygens (including phenoxy) is 2. The van der Waals surface area contributed by atoms with E-state index in [0.29, 0.717) is 5.56 Å². The topological polar surface area (TPSA) is 89.0 Å². The van der Waals surface area contributed by atoms with Crippen LogP contribution in [-0.4, -0.2) is 53.0 Å². The van der Waals surface area contributed by atoms with Crippen LogP contribution in [0.15, 0.2) is 48.3 Å². The second kappa shape index (κ2) is 9.04. The average Bonchev–Trinajstić information content (AvgIpc) is 2.98. The summed E-state index contributed by atoms with van der Waals surface area (Å²) in [4.78, 5) is 31.0. The van der Waals surface area contributed by atoms with Gasteiger partial charge in [0.25, 0.3) is 11.7 Å². The van der Waals surface area contributed by atoms with Gasteiger partial charge in [0.05, 0.1) is 37.0 Å². The number of ketones is 1. The highest BCUT2D eigenvalue weighted by molar-refractivity contribution is 6.46. The molecule has 3 rings (SSSR count). The fraction of sp³-hybridized carbons (Fsp3) is 0.318. The van der Waals surface area contributed by atoms with Gasteiger partial charge in [0.2, 0.25) is 0 Å². The summed E-state index contributed by atoms with van der Waals surface area (Å²) in [6.07, 6.45) is 3.02. The molecule has 1 saturated heterocycles. The monoisotopic (exact) mass is 414 g/mol. The van der Waals surface area contributed by atoms with Gasteiger partial charge in [0.1, 0.15) is 17.3 Å². The highest BCUT2D eigenvalue weighted by Crippen LogP contribution is 2.40. The maximum Gasteiger partial charge on any atom is 0.295 e. The van der Waals surface area contributed by atoms with Crippen molar-refractivity contribution in [1.29, 1.82) is 0 Å². The molecule has 1 aromatic carbocycles. The van der Waals surface area contributed by atoms with E-state index in [1.165, 1.54) is 36.5 Å². The van der Waals surface area contributed by atoms with Crippen molar-refractivity contribution >= 4 is 17.4 Å². The van der Waals surface area contributed by atoms with E-state index in [1.807, 2.05) is 13.8 Å². The van der Waals surface area contributed by atoms with Crippen molar-refractivity contribution in [1.82, 2.24) is 9.88 Å². The Balaban J connectivity index is 2.13. The molecule has 1 aliphatic heterocycles. The number of carbonyl (C=O) groups excluding carboxylic acids is 2. The zero-order valence-corrected chi connectivity index (χ0v) is 17.0. The van der Waals surface area contributed by atoms with Gasteiger partial charge in [-0.05, 0) is 49.7 Å². The maximum atomic E-state index is 13.9. The molecule has 0 spiro atoms. The summed E-state index contributed by atoms with van der Waals surface area (Å²) in [5, 5.41) is 11.0. The number of benzene rings is 1. The van der Waals surface area contributed by atoms with Crippen LogP contribution in [0.2, 0.25) is 0 Å². The van der Waals surface area contributed by atoms with Gasteiger partial charge in [-0.1, -0.05) is 0 Å². The maximum absolute atomic E-state index is 13.9. The molecule has 1 aliphatic rings. The highest BCUT2D eigenvalue weighted by Gasteiger charge is 2.46. The van der Waals surface area contributed by atoms with Crippen LogP contribution < -0.4 is 4.74 Å². The molecule has 1 atom stereocenters. The molecule has 1 fully saturated rings. The van der Waals surface area contributed by atoms with Gasteiger partial charge in [-0.25, -0.2) is 4.39 Å². The molecule has 158 valence electrons. The molecule has 8 heteroatoms. The van der Waals surface area contributed by atoms with Gasteiger partial charge in [0, 0.05) is 18.9 Å². The van der Waals surface area contributed by atoms with E-state index in [2.05, 4.69) is 4.98 Å². The second-order valence-electron chi connectivity index (χ2n) is 7.04. The third-order valence-electron chi connectivity index (χ3n) is 4.76. The lowest BCUT2D eigenvalue weighted by Crippen LogP contribution is -2.33. The van der Waals surface area contributed by atoms with E-state index in [9.17, 15) is 19.1 Å². The number of amides is 1. The van der Waals surface area contributed by atoms with Crippen molar-refractivity contribution in [3.05, 3.63) is 65.2 Å². The van der Waals surface area contributed by atoms with Crippen LogP contribution in [0.25, 0.3) is 5.76 Å². The van der Waals surface area contributed by atoms with Gasteiger partial charge >= 0.3 is 0 Å². The number of likely N-dealkylation sites (tertiary alicyclic amines) is 1. The van der Waals surface area contributed by atoms with E-state index in [-0.39, 0.29) is 36.1 Å². The van der Waals surface area contributed by atoms with Gasteiger partial charge in [0.15, 0.2) is 0 Å². The third-order valence-corrected chi connectivity index (χ3v) is 4.76. The van der Waals surface area contributed by atoms with Gasteiger partial charge in [-0.2, -0.15) is 0 Å². The first kappa shape index (κ1) is 21.4. The predicted octanol–water partition coefficient (Wildman–Crippen LogP) is 3.08. The third kappa shape index (κ3) is 4.18. The molecule has 30 heavy (non-hydrogen) atoms. The number of hydrogen-bond donors (Lipinski definition) is 1. The summed E-state index contributed by atoms with van der Waals surface area (Å²) in [5.41, 5.74) is 0.443. The molecular weight excluding hydrogens is 391 g/mol. The Hall–Kier alpha value is -3.26. The molecule has 1 N–H and O–H groups in total. The van der Waals surface area contributed by atoms with E-state index in [1.54, 1.807) is 12.1 Å². The summed E-state index contributed by atoms with van der Waals surface area (Å²) in [6.45, 7) is 4.10. The van der Waals surface area contributed by atoms with Crippen LogP contribution in [0.5, 0.6) is 5.75 Å². The Morgan fingerprint density at radius 3 is 2.57 bits per heavy atom. The number of aliphatic hydroxyl groups excluding tert-OH is 1. The number of pyridine rings is 1. The van der Waals surface area contributed by atoms with Crippen LogP contribution in [0.1, 0.15) is 31.0 Å². The van der Waals surface area contributed by atoms with Crippen LogP contribution in [0.4, 0.5) is 4.39 Å². The lowest BCUT2D eigenvalue weighted by molar-refractivity contribution is -0.140. The van der Waals surface area contributed by atoms with E-state index < -0.39 is 29.3 Å². The Bertz CT molecular complexity index is 975. The summed E-state index contributed by atoms with van der Waals surface area (Å²) < 4.78 is 24.6. The Labute approximate surface area is 173 Å². The molecule has 1 amide bonds. The normalized spacial score (nSPS) is 18.3. The smallest absolute Gasteiger partial charge is 0.295 e. The molecule has 2 heterocycles. The zero-order valence-electron chi connectivity index (χ0n) is 17.0. The van der Waals surface area contributed by atoms with Crippen LogP contribution in [0.3, 0.4) is 0 Å². The van der Waals surface area contributed by atoms with Crippen molar-refractivity contribution in [2.24, 2.45) is 0 Å². The molecule has 0 bridgehead atoms. The molecule has 2 aromatic rings. The van der Waals surface area contributed by atoms with Crippen LogP contribution >= 0.6 is 0 Å². The summed E-state index contributed by atoms with van der Waals surface area (Å²) >= 11 is 0. The van der Waals surface area contributed by atoms with Crippen LogP contribution in [0, 0.1) is 5.82 Å². The number of aromatic nitrogens is 1. The fourth-order valence-corrected chi connectivity index (χ4v) is 3.40. The van der Waals surface area contributed by atoms with Gasteiger partial charge < -0.3 is 19.5 Å². The molecule has 0 radical (unpaired) electrons. The number of nitrogens with zero attached hydrogens (tertiary/aromatic N) is 2. The number of Topliss-reactive ketones (excluding diaryl/α,β-unsaturated/α-hetero) is 1. The van der Waals surface area contributed by atoms with Crippen molar-refractivity contribution in [3.8, 4) is 5.75 Å². The van der Waals surface area contributed by atoms with Crippen molar-refractivity contribution < 1.29 is 28.6 Å². The molecule has 1 aromatic heterocycles. The summed E-state index contributed by atoms with van der Waals surface area (Å²) in [5.74, 6) is -2.56. The molecule has 0 saturated carbocycles. The molecule has 7 nitrogen and oxygen atoms in total. The first-order valence-corrected chi connectivity index (χ1v) is 9.49. The number of methoxy groups -OCH3 is 1. The number of halogens is 1. The highest BCUT2D eigenvalue weighted by atomic mass is 19.1. The zero-order chi connectivity index (χ0) is 21.8. The number of aliphatic hydroxyl groups is 1. The largest absolute Gasteiger partial charge is 0.507 e. The summed E-state index contributed by atoms with van der Waals surface area (Å²) in [7, 11) is 1.37.